The predicted octanol–water partition coefficient (Wildman–Crippen LogP) is 0.433. The zero-order valence-electron chi connectivity index (χ0n) is 11.5. The molecule has 4 amide bonds. The molecule has 6 nitrogen and oxygen atoms in total. The van der Waals surface area contributed by atoms with E-state index in [1.54, 1.807) is 0 Å². The van der Waals surface area contributed by atoms with Gasteiger partial charge in [-0.15, -0.1) is 0 Å². The Bertz CT molecular complexity index is 389. The van der Waals surface area contributed by atoms with E-state index in [-0.39, 0.29) is 11.8 Å². The highest BCUT2D eigenvalue weighted by Crippen LogP contribution is 2.19. The Kier molecular flexibility index (Phi) is 4.19. The molecule has 0 spiro atoms. The molecule has 106 valence electrons. The highest BCUT2D eigenvalue weighted by atomic mass is 16.2. The lowest BCUT2D eigenvalue weighted by Crippen LogP contribution is -2.60. The maximum atomic E-state index is 12.2. The van der Waals surface area contributed by atoms with E-state index in [0.29, 0.717) is 13.1 Å². The lowest BCUT2D eigenvalue weighted by molar-refractivity contribution is -0.144. The predicted molar refractivity (Wildman–Crippen MR) is 69.3 cm³/mol. The van der Waals surface area contributed by atoms with E-state index in [4.69, 9.17) is 0 Å². The first kappa shape index (κ1) is 14.0. The molecule has 2 heterocycles. The van der Waals surface area contributed by atoms with Crippen molar-refractivity contribution in [2.24, 2.45) is 11.8 Å². The van der Waals surface area contributed by atoms with E-state index >= 15 is 0 Å². The van der Waals surface area contributed by atoms with Gasteiger partial charge in [-0.3, -0.25) is 19.8 Å². The van der Waals surface area contributed by atoms with Crippen LogP contribution in [0.5, 0.6) is 0 Å². The van der Waals surface area contributed by atoms with Gasteiger partial charge < -0.3 is 4.90 Å². The molecule has 1 N–H and O–H groups in total. The van der Waals surface area contributed by atoms with Gasteiger partial charge in [0, 0.05) is 13.1 Å². The fourth-order valence-corrected chi connectivity index (χ4v) is 2.68. The molecule has 0 aliphatic carbocycles. The smallest absolute Gasteiger partial charge is 0.302 e. The molecule has 0 aromatic rings. The number of likely N-dealkylation sites (tertiary alicyclic amines) is 1. The van der Waals surface area contributed by atoms with Crippen LogP contribution in [-0.2, 0) is 9.59 Å². The van der Waals surface area contributed by atoms with Crippen molar-refractivity contribution in [3.63, 3.8) is 0 Å². The number of urea groups is 1. The zero-order valence-corrected chi connectivity index (χ0v) is 11.5. The molecule has 2 fully saturated rings. The Morgan fingerprint density at radius 3 is 2.37 bits per heavy atom. The van der Waals surface area contributed by atoms with Crippen LogP contribution >= 0.6 is 0 Å². The van der Waals surface area contributed by atoms with Crippen LogP contribution in [0.4, 0.5) is 4.79 Å². The highest BCUT2D eigenvalue weighted by Gasteiger charge is 2.41. The molecule has 0 saturated carbocycles. The molecule has 2 rings (SSSR count). The minimum atomic E-state index is -0.740. The fraction of sp³-hybridized carbons (Fsp3) is 0.769. The summed E-state index contributed by atoms with van der Waals surface area (Å²) in [5.41, 5.74) is 0. The number of carbonyl (C=O) groups is 3. The van der Waals surface area contributed by atoms with Gasteiger partial charge >= 0.3 is 6.03 Å². The lowest BCUT2D eigenvalue weighted by atomic mass is 9.92. The third kappa shape index (κ3) is 2.94. The van der Waals surface area contributed by atoms with Crippen LogP contribution in [0.1, 0.15) is 26.7 Å². The van der Waals surface area contributed by atoms with E-state index in [1.807, 2.05) is 13.8 Å². The molecule has 2 aliphatic heterocycles. The van der Waals surface area contributed by atoms with Gasteiger partial charge in [-0.2, -0.15) is 0 Å². The third-order valence-electron chi connectivity index (χ3n) is 3.80. The number of rotatable bonds is 4. The molecule has 1 atom stereocenters. The average Bonchev–Trinajstić information content (AvgIpc) is 2.80. The van der Waals surface area contributed by atoms with Crippen molar-refractivity contribution in [3.05, 3.63) is 0 Å². The minimum Gasteiger partial charge on any atom is -0.302 e. The van der Waals surface area contributed by atoms with Crippen LogP contribution < -0.4 is 5.32 Å². The lowest BCUT2D eigenvalue weighted by Gasteiger charge is -2.32. The second kappa shape index (κ2) is 5.69. The molecular weight excluding hydrogens is 246 g/mol. The summed E-state index contributed by atoms with van der Waals surface area (Å²) >= 11 is 0. The largest absolute Gasteiger partial charge is 0.330 e. The maximum Gasteiger partial charge on any atom is 0.330 e. The summed E-state index contributed by atoms with van der Waals surface area (Å²) in [5, 5.41) is 2.28. The average molecular weight is 267 g/mol. The van der Waals surface area contributed by atoms with Crippen LogP contribution in [-0.4, -0.2) is 53.8 Å². The van der Waals surface area contributed by atoms with Gasteiger partial charge in [0.05, 0.1) is 0 Å². The fourth-order valence-electron chi connectivity index (χ4n) is 2.68. The van der Waals surface area contributed by atoms with E-state index in [2.05, 4.69) is 10.2 Å². The number of hydrogen-bond acceptors (Lipinski definition) is 4. The van der Waals surface area contributed by atoms with Gasteiger partial charge in [-0.05, 0) is 31.8 Å². The summed E-state index contributed by atoms with van der Waals surface area (Å²) < 4.78 is 0. The zero-order chi connectivity index (χ0) is 14.0. The van der Waals surface area contributed by atoms with Gasteiger partial charge in [0.15, 0.2) is 0 Å². The number of carbonyl (C=O) groups excluding carboxylic acids is 3. The Balaban J connectivity index is 1.99. The van der Waals surface area contributed by atoms with Crippen LogP contribution in [0, 0.1) is 11.8 Å². The van der Waals surface area contributed by atoms with Crippen molar-refractivity contribution in [1.29, 1.82) is 0 Å². The molecule has 0 aromatic heterocycles. The molecule has 1 unspecified atom stereocenters. The third-order valence-corrected chi connectivity index (χ3v) is 3.80. The van der Waals surface area contributed by atoms with Gasteiger partial charge in [-0.25, -0.2) is 4.79 Å². The standard InChI is InChI=1S/C13H21N3O3/c1-9(2)10-11(17)14-13(19)16(12(10)18)8-7-15-5-3-4-6-15/h9-10H,3-8H2,1-2H3,(H,14,17,19). The SMILES string of the molecule is CC(C)C1C(=O)NC(=O)N(CCN2CCCC2)C1=O. The Labute approximate surface area is 113 Å². The number of nitrogens with zero attached hydrogens (tertiary/aromatic N) is 2. The first-order valence-corrected chi connectivity index (χ1v) is 6.89. The second-order valence-corrected chi connectivity index (χ2v) is 5.55. The molecule has 0 radical (unpaired) electrons. The summed E-state index contributed by atoms with van der Waals surface area (Å²) in [6.45, 7) is 6.74. The van der Waals surface area contributed by atoms with Crippen molar-refractivity contribution >= 4 is 17.8 Å². The summed E-state index contributed by atoms with van der Waals surface area (Å²) in [5.74, 6) is -1.67. The quantitative estimate of drug-likeness (QED) is 0.750. The molecule has 19 heavy (non-hydrogen) atoms. The highest BCUT2D eigenvalue weighted by molar-refractivity contribution is 6.16. The van der Waals surface area contributed by atoms with Gasteiger partial charge in [-0.1, -0.05) is 13.8 Å². The Morgan fingerprint density at radius 2 is 1.79 bits per heavy atom. The van der Waals surface area contributed by atoms with Crippen molar-refractivity contribution in [1.82, 2.24) is 15.1 Å². The van der Waals surface area contributed by atoms with Gasteiger partial charge in [0.1, 0.15) is 5.92 Å². The van der Waals surface area contributed by atoms with Gasteiger partial charge in [0.2, 0.25) is 11.8 Å². The number of hydrogen-bond donors (Lipinski definition) is 1. The Hall–Kier alpha value is -1.43. The maximum absolute atomic E-state index is 12.2. The van der Waals surface area contributed by atoms with Crippen LogP contribution in [0.3, 0.4) is 0 Å². The topological polar surface area (TPSA) is 69.7 Å². The van der Waals surface area contributed by atoms with Crippen LogP contribution in [0.25, 0.3) is 0 Å². The van der Waals surface area contributed by atoms with Crippen LogP contribution in [0.2, 0.25) is 0 Å². The van der Waals surface area contributed by atoms with Crippen molar-refractivity contribution in [3.8, 4) is 0 Å². The molecule has 0 bridgehead atoms. The van der Waals surface area contributed by atoms with Crippen LogP contribution in [0.15, 0.2) is 0 Å². The van der Waals surface area contributed by atoms with Crippen molar-refractivity contribution < 1.29 is 14.4 Å². The Morgan fingerprint density at radius 1 is 1.16 bits per heavy atom. The van der Waals surface area contributed by atoms with Crippen molar-refractivity contribution in [2.75, 3.05) is 26.2 Å². The normalized spacial score (nSPS) is 25.3. The molecule has 2 aliphatic rings. The van der Waals surface area contributed by atoms with Gasteiger partial charge in [0.25, 0.3) is 0 Å². The summed E-state index contributed by atoms with van der Waals surface area (Å²) in [7, 11) is 0. The molecule has 0 aromatic carbocycles. The van der Waals surface area contributed by atoms with E-state index in [1.165, 1.54) is 17.7 Å². The van der Waals surface area contributed by atoms with E-state index in [9.17, 15) is 14.4 Å². The number of nitrogens with one attached hydrogen (secondary N) is 1. The first-order chi connectivity index (χ1) is 9.00. The molecule has 6 heteroatoms. The van der Waals surface area contributed by atoms with E-state index in [0.717, 1.165) is 13.1 Å². The number of amides is 4. The molecular formula is C13H21N3O3. The molecule has 2 saturated heterocycles. The second-order valence-electron chi connectivity index (χ2n) is 5.55. The van der Waals surface area contributed by atoms with Crippen molar-refractivity contribution in [2.45, 2.75) is 26.7 Å². The number of imide groups is 2. The van der Waals surface area contributed by atoms with E-state index < -0.39 is 17.9 Å². The minimum absolute atomic E-state index is 0.102. The number of barbiturate groups is 1. The summed E-state index contributed by atoms with van der Waals surface area (Å²) in [6.07, 6.45) is 2.35. The summed E-state index contributed by atoms with van der Waals surface area (Å²) in [6, 6.07) is -0.578. The summed E-state index contributed by atoms with van der Waals surface area (Å²) in [4.78, 5) is 39.1. The first-order valence-electron chi connectivity index (χ1n) is 6.89. The monoisotopic (exact) mass is 267 g/mol.